The van der Waals surface area contributed by atoms with Gasteiger partial charge in [0.05, 0.1) is 21.5 Å². The smallest absolute Gasteiger partial charge is 0.304 e. The Labute approximate surface area is 121 Å². The van der Waals surface area contributed by atoms with Gasteiger partial charge < -0.3 is 10.3 Å². The Balaban J connectivity index is 2.26. The second-order valence-electron chi connectivity index (χ2n) is 3.57. The predicted octanol–water partition coefficient (Wildman–Crippen LogP) is 3.26. The molecule has 100 valence electrons. The maximum absolute atomic E-state index is 11.0. The molecule has 19 heavy (non-hydrogen) atoms. The van der Waals surface area contributed by atoms with Crippen molar-refractivity contribution >= 4 is 45.9 Å². The van der Waals surface area contributed by atoms with Crippen LogP contribution in [0.15, 0.2) is 22.3 Å². The fourth-order valence-electron chi connectivity index (χ4n) is 1.42. The third kappa shape index (κ3) is 3.25. The SMILES string of the molecule is O=c1[nH]c(CNc2cc(Cl)c(Cl)cc2[N+](=O)[O-])cs1. The monoisotopic (exact) mass is 319 g/mol. The van der Waals surface area contributed by atoms with Gasteiger partial charge in [0.1, 0.15) is 5.69 Å². The van der Waals surface area contributed by atoms with E-state index in [1.165, 1.54) is 12.1 Å². The maximum Gasteiger partial charge on any atom is 0.304 e. The van der Waals surface area contributed by atoms with Gasteiger partial charge in [-0.3, -0.25) is 14.9 Å². The van der Waals surface area contributed by atoms with Crippen LogP contribution in [0.25, 0.3) is 0 Å². The molecule has 0 unspecified atom stereocenters. The van der Waals surface area contributed by atoms with Gasteiger partial charge in [0.15, 0.2) is 0 Å². The Bertz CT molecular complexity index is 683. The van der Waals surface area contributed by atoms with Crippen LogP contribution in [0.5, 0.6) is 0 Å². The number of nitrogens with zero attached hydrogens (tertiary/aromatic N) is 1. The molecule has 2 aromatic rings. The normalized spacial score (nSPS) is 10.4. The first-order valence-electron chi connectivity index (χ1n) is 5.01. The minimum Gasteiger partial charge on any atom is -0.374 e. The summed E-state index contributed by atoms with van der Waals surface area (Å²) in [7, 11) is 0. The van der Waals surface area contributed by atoms with Crippen molar-refractivity contribution in [1.29, 1.82) is 0 Å². The number of anilines is 1. The van der Waals surface area contributed by atoms with Crippen LogP contribution < -0.4 is 10.2 Å². The Kier molecular flexibility index (Phi) is 4.08. The number of rotatable bonds is 4. The summed E-state index contributed by atoms with van der Waals surface area (Å²) in [4.78, 5) is 23.7. The minimum atomic E-state index is -0.555. The first-order valence-corrected chi connectivity index (χ1v) is 6.65. The lowest BCUT2D eigenvalue weighted by molar-refractivity contribution is -0.383. The first kappa shape index (κ1) is 13.9. The molecular weight excluding hydrogens is 313 g/mol. The van der Waals surface area contributed by atoms with Crippen molar-refractivity contribution in [2.24, 2.45) is 0 Å². The molecule has 0 atom stereocenters. The van der Waals surface area contributed by atoms with Crippen molar-refractivity contribution in [2.45, 2.75) is 6.54 Å². The predicted molar refractivity (Wildman–Crippen MR) is 75.4 cm³/mol. The van der Waals surface area contributed by atoms with Gasteiger partial charge >= 0.3 is 4.87 Å². The summed E-state index contributed by atoms with van der Waals surface area (Å²) in [6.45, 7) is 0.248. The van der Waals surface area contributed by atoms with E-state index in [1.54, 1.807) is 5.38 Å². The molecule has 2 rings (SSSR count). The number of nitro benzene ring substituents is 1. The lowest BCUT2D eigenvalue weighted by atomic mass is 10.2. The molecule has 0 saturated heterocycles. The molecular formula is C10H7Cl2N3O3S. The van der Waals surface area contributed by atoms with Gasteiger partial charge in [-0.1, -0.05) is 34.5 Å². The lowest BCUT2D eigenvalue weighted by Gasteiger charge is -2.07. The van der Waals surface area contributed by atoms with Crippen LogP contribution in [0.4, 0.5) is 11.4 Å². The minimum absolute atomic E-state index is 0.114. The molecule has 0 bridgehead atoms. The fraction of sp³-hybridized carbons (Fsp3) is 0.100. The van der Waals surface area contributed by atoms with Crippen molar-refractivity contribution in [1.82, 2.24) is 4.98 Å². The number of hydrogen-bond donors (Lipinski definition) is 2. The maximum atomic E-state index is 11.0. The Hall–Kier alpha value is -1.57. The van der Waals surface area contributed by atoms with E-state index in [0.717, 1.165) is 11.3 Å². The summed E-state index contributed by atoms with van der Waals surface area (Å²) in [5.41, 5.74) is 0.703. The van der Waals surface area contributed by atoms with Crippen LogP contribution in [-0.4, -0.2) is 9.91 Å². The molecule has 0 spiro atoms. The first-order chi connectivity index (χ1) is 8.97. The summed E-state index contributed by atoms with van der Waals surface area (Å²) in [5, 5.41) is 15.7. The highest BCUT2D eigenvalue weighted by Gasteiger charge is 2.16. The van der Waals surface area contributed by atoms with Crippen molar-refractivity contribution < 1.29 is 4.92 Å². The number of aromatic nitrogens is 1. The zero-order chi connectivity index (χ0) is 14.0. The number of nitrogens with one attached hydrogen (secondary N) is 2. The van der Waals surface area contributed by atoms with Crippen molar-refractivity contribution in [3.8, 4) is 0 Å². The van der Waals surface area contributed by atoms with E-state index < -0.39 is 4.92 Å². The number of hydrogen-bond acceptors (Lipinski definition) is 5. The highest BCUT2D eigenvalue weighted by Crippen LogP contribution is 2.34. The third-order valence-corrected chi connectivity index (χ3v) is 3.72. The van der Waals surface area contributed by atoms with Crippen molar-refractivity contribution in [3.05, 3.63) is 53.0 Å². The fourth-order valence-corrected chi connectivity index (χ4v) is 2.32. The molecule has 0 fully saturated rings. The second kappa shape index (κ2) is 5.60. The summed E-state index contributed by atoms with van der Waals surface area (Å²) in [6.07, 6.45) is 0. The van der Waals surface area contributed by atoms with E-state index >= 15 is 0 Å². The number of H-pyrrole nitrogens is 1. The van der Waals surface area contributed by atoms with Crippen molar-refractivity contribution in [2.75, 3.05) is 5.32 Å². The van der Waals surface area contributed by atoms with Gasteiger partial charge in [0, 0.05) is 17.1 Å². The van der Waals surface area contributed by atoms with Crippen LogP contribution in [-0.2, 0) is 6.54 Å². The van der Waals surface area contributed by atoms with Crippen LogP contribution >= 0.6 is 34.5 Å². The summed E-state index contributed by atoms with van der Waals surface area (Å²) < 4.78 is 0. The quantitative estimate of drug-likeness (QED) is 0.668. The zero-order valence-corrected chi connectivity index (χ0v) is 11.6. The third-order valence-electron chi connectivity index (χ3n) is 2.28. The van der Waals surface area contributed by atoms with E-state index in [4.69, 9.17) is 23.2 Å². The highest BCUT2D eigenvalue weighted by atomic mass is 35.5. The van der Waals surface area contributed by atoms with E-state index in [0.29, 0.717) is 5.69 Å². The molecule has 1 aromatic heterocycles. The van der Waals surface area contributed by atoms with Crippen molar-refractivity contribution in [3.63, 3.8) is 0 Å². The average molecular weight is 320 g/mol. The van der Waals surface area contributed by atoms with E-state index in [-0.39, 0.29) is 32.8 Å². The van der Waals surface area contributed by atoms with Crippen LogP contribution in [0, 0.1) is 10.1 Å². The Morgan fingerprint density at radius 1 is 1.37 bits per heavy atom. The second-order valence-corrected chi connectivity index (χ2v) is 5.22. The lowest BCUT2D eigenvalue weighted by Crippen LogP contribution is -2.05. The Morgan fingerprint density at radius 3 is 2.63 bits per heavy atom. The number of halogens is 2. The summed E-state index contributed by atoms with van der Waals surface area (Å²) >= 11 is 12.6. The van der Waals surface area contributed by atoms with Gasteiger partial charge in [-0.25, -0.2) is 0 Å². The van der Waals surface area contributed by atoms with E-state index in [9.17, 15) is 14.9 Å². The molecule has 1 heterocycles. The molecule has 0 radical (unpaired) electrons. The molecule has 0 amide bonds. The number of benzene rings is 1. The molecule has 0 aliphatic rings. The summed E-state index contributed by atoms with van der Waals surface area (Å²) in [6, 6.07) is 2.56. The largest absolute Gasteiger partial charge is 0.374 e. The molecule has 6 nitrogen and oxygen atoms in total. The van der Waals surface area contributed by atoms with Crippen LogP contribution in [0.3, 0.4) is 0 Å². The number of aromatic amines is 1. The topological polar surface area (TPSA) is 88.0 Å². The molecule has 9 heteroatoms. The standard InChI is InChI=1S/C10H7Cl2N3O3S/c11-6-1-8(9(15(17)18)2-7(6)12)13-3-5-4-19-10(16)14-5/h1-2,4,13H,3H2,(H,14,16). The molecule has 0 aliphatic carbocycles. The molecule has 1 aromatic carbocycles. The molecule has 0 aliphatic heterocycles. The number of thiazole rings is 1. The molecule has 2 N–H and O–H groups in total. The van der Waals surface area contributed by atoms with Gasteiger partial charge in [0.25, 0.3) is 5.69 Å². The zero-order valence-electron chi connectivity index (χ0n) is 9.28. The Morgan fingerprint density at radius 2 is 2.05 bits per heavy atom. The average Bonchev–Trinajstić information content (AvgIpc) is 2.76. The molecule has 0 saturated carbocycles. The van der Waals surface area contributed by atoms with Gasteiger partial charge in [0.2, 0.25) is 0 Å². The van der Waals surface area contributed by atoms with Crippen LogP contribution in [0.1, 0.15) is 5.69 Å². The summed E-state index contributed by atoms with van der Waals surface area (Å²) in [5.74, 6) is 0. The van der Waals surface area contributed by atoms with E-state index in [1.807, 2.05) is 0 Å². The number of nitro groups is 1. The van der Waals surface area contributed by atoms with Crippen LogP contribution in [0.2, 0.25) is 10.0 Å². The van der Waals surface area contributed by atoms with Gasteiger partial charge in [-0.05, 0) is 6.07 Å². The van der Waals surface area contributed by atoms with Gasteiger partial charge in [-0.15, -0.1) is 0 Å². The van der Waals surface area contributed by atoms with Gasteiger partial charge in [-0.2, -0.15) is 0 Å². The highest BCUT2D eigenvalue weighted by molar-refractivity contribution is 7.07. The van der Waals surface area contributed by atoms with E-state index in [2.05, 4.69) is 10.3 Å².